The fourth-order valence-electron chi connectivity index (χ4n) is 4.12. The second-order valence-electron chi connectivity index (χ2n) is 9.19. The van der Waals surface area contributed by atoms with E-state index in [2.05, 4.69) is 0 Å². The average molecular weight is 434 g/mol. The van der Waals surface area contributed by atoms with Crippen LogP contribution in [-0.4, -0.2) is 41.4 Å². The van der Waals surface area contributed by atoms with Gasteiger partial charge in [-0.2, -0.15) is 4.31 Å². The molecule has 30 heavy (non-hydrogen) atoms. The Bertz CT molecular complexity index is 1180. The van der Waals surface area contributed by atoms with Crippen LogP contribution in [0.4, 0.5) is 0 Å². The molecule has 0 unspecified atom stereocenters. The largest absolute Gasteiger partial charge is 0.443 e. The van der Waals surface area contributed by atoms with E-state index in [1.165, 1.54) is 21.1 Å². The molecule has 9 heteroatoms. The molecule has 1 aromatic carbocycles. The SMILES string of the molecule is CC(C)(C)C(=O)OCn1ccc2c(S(=O)(=O)N3CC[C@H](N)C34CC4)cccc2c1=O. The van der Waals surface area contributed by atoms with Gasteiger partial charge in [0, 0.05) is 29.6 Å². The zero-order valence-electron chi connectivity index (χ0n) is 17.4. The maximum absolute atomic E-state index is 13.5. The van der Waals surface area contributed by atoms with E-state index in [9.17, 15) is 18.0 Å². The Morgan fingerprint density at radius 1 is 1.23 bits per heavy atom. The van der Waals surface area contributed by atoms with Gasteiger partial charge in [-0.25, -0.2) is 8.42 Å². The van der Waals surface area contributed by atoms with Crippen molar-refractivity contribution in [1.29, 1.82) is 0 Å². The Balaban J connectivity index is 1.71. The van der Waals surface area contributed by atoms with Gasteiger partial charge in [-0.1, -0.05) is 6.07 Å². The third kappa shape index (κ3) is 3.25. The van der Waals surface area contributed by atoms with Crippen LogP contribution in [0.1, 0.15) is 40.0 Å². The molecule has 2 aliphatic rings. The minimum absolute atomic E-state index is 0.108. The number of rotatable bonds is 4. The Hall–Kier alpha value is -2.23. The van der Waals surface area contributed by atoms with Gasteiger partial charge in [0.25, 0.3) is 5.56 Å². The number of fused-ring (bicyclic) bond motifs is 1. The summed E-state index contributed by atoms with van der Waals surface area (Å²) in [6, 6.07) is 6.11. The fraction of sp³-hybridized carbons (Fsp3) is 0.524. The molecular weight excluding hydrogens is 406 g/mol. The molecule has 0 amide bonds. The number of hydrogen-bond donors (Lipinski definition) is 1. The molecule has 2 N–H and O–H groups in total. The molecule has 0 radical (unpaired) electrons. The number of carbonyl (C=O) groups excluding carboxylic acids is 1. The maximum atomic E-state index is 13.5. The second kappa shape index (κ2) is 6.90. The molecule has 162 valence electrons. The van der Waals surface area contributed by atoms with E-state index < -0.39 is 32.5 Å². The van der Waals surface area contributed by atoms with E-state index in [4.69, 9.17) is 10.5 Å². The number of ether oxygens (including phenoxy) is 1. The highest BCUT2D eigenvalue weighted by Crippen LogP contribution is 2.51. The van der Waals surface area contributed by atoms with Crippen molar-refractivity contribution in [3.05, 3.63) is 40.8 Å². The first kappa shape index (κ1) is 21.0. The number of carbonyl (C=O) groups is 1. The summed E-state index contributed by atoms with van der Waals surface area (Å²) in [5, 5.41) is 0.621. The van der Waals surface area contributed by atoms with Gasteiger partial charge in [-0.3, -0.25) is 14.2 Å². The van der Waals surface area contributed by atoms with Crippen LogP contribution >= 0.6 is 0 Å². The van der Waals surface area contributed by atoms with Crippen LogP contribution in [-0.2, 0) is 26.3 Å². The maximum Gasteiger partial charge on any atom is 0.312 e. The van der Waals surface area contributed by atoms with Gasteiger partial charge in [0.1, 0.15) is 0 Å². The van der Waals surface area contributed by atoms with Gasteiger partial charge in [-0.05, 0) is 58.2 Å². The molecule has 2 heterocycles. The number of esters is 1. The topological polar surface area (TPSA) is 112 Å². The molecular formula is C21H27N3O5S. The number of sulfonamides is 1. The minimum atomic E-state index is -3.80. The van der Waals surface area contributed by atoms with Crippen LogP contribution in [0.3, 0.4) is 0 Å². The van der Waals surface area contributed by atoms with Crippen molar-refractivity contribution in [1.82, 2.24) is 8.87 Å². The number of nitrogens with two attached hydrogens (primary N) is 1. The van der Waals surface area contributed by atoms with Gasteiger partial charge < -0.3 is 10.5 Å². The van der Waals surface area contributed by atoms with Crippen LogP contribution in [0.15, 0.2) is 40.2 Å². The van der Waals surface area contributed by atoms with Crippen molar-refractivity contribution in [3.63, 3.8) is 0 Å². The van der Waals surface area contributed by atoms with E-state index in [1.54, 1.807) is 39.0 Å². The summed E-state index contributed by atoms with van der Waals surface area (Å²) >= 11 is 0. The van der Waals surface area contributed by atoms with Crippen molar-refractivity contribution in [2.75, 3.05) is 6.54 Å². The van der Waals surface area contributed by atoms with Crippen LogP contribution < -0.4 is 11.3 Å². The highest BCUT2D eigenvalue weighted by Gasteiger charge is 2.60. The monoisotopic (exact) mass is 433 g/mol. The lowest BCUT2D eigenvalue weighted by molar-refractivity contribution is -0.157. The van der Waals surface area contributed by atoms with Crippen molar-refractivity contribution in [3.8, 4) is 0 Å². The molecule has 1 aromatic heterocycles. The number of nitrogens with zero attached hydrogens (tertiary/aromatic N) is 2. The lowest BCUT2D eigenvalue weighted by Crippen LogP contribution is -2.44. The zero-order valence-corrected chi connectivity index (χ0v) is 18.2. The lowest BCUT2D eigenvalue weighted by Gasteiger charge is -2.26. The molecule has 1 spiro atoms. The van der Waals surface area contributed by atoms with E-state index in [0.717, 1.165) is 12.8 Å². The van der Waals surface area contributed by atoms with Gasteiger partial charge in [-0.15, -0.1) is 0 Å². The molecule has 1 aliphatic heterocycles. The van der Waals surface area contributed by atoms with Crippen molar-refractivity contribution >= 4 is 26.8 Å². The quantitative estimate of drug-likeness (QED) is 0.736. The van der Waals surface area contributed by atoms with Crippen molar-refractivity contribution < 1.29 is 17.9 Å². The van der Waals surface area contributed by atoms with Gasteiger partial charge in [0.2, 0.25) is 10.0 Å². The number of hydrogen-bond acceptors (Lipinski definition) is 6. The van der Waals surface area contributed by atoms with E-state index in [1.807, 2.05) is 0 Å². The van der Waals surface area contributed by atoms with Crippen LogP contribution in [0.5, 0.6) is 0 Å². The molecule has 1 saturated carbocycles. The lowest BCUT2D eigenvalue weighted by atomic mass is 9.98. The molecule has 8 nitrogen and oxygen atoms in total. The molecule has 4 rings (SSSR count). The minimum Gasteiger partial charge on any atom is -0.443 e. The van der Waals surface area contributed by atoms with E-state index in [-0.39, 0.29) is 23.1 Å². The predicted molar refractivity (Wildman–Crippen MR) is 112 cm³/mol. The first-order valence-corrected chi connectivity index (χ1v) is 11.5. The molecule has 1 aliphatic carbocycles. The Morgan fingerprint density at radius 2 is 1.93 bits per heavy atom. The van der Waals surface area contributed by atoms with E-state index >= 15 is 0 Å². The number of pyridine rings is 1. The first-order chi connectivity index (χ1) is 14.0. The summed E-state index contributed by atoms with van der Waals surface area (Å²) in [7, 11) is -3.80. The van der Waals surface area contributed by atoms with Crippen LogP contribution in [0.25, 0.3) is 10.8 Å². The third-order valence-corrected chi connectivity index (χ3v) is 8.12. The second-order valence-corrected chi connectivity index (χ2v) is 11.0. The number of benzene rings is 1. The first-order valence-electron chi connectivity index (χ1n) is 10.1. The van der Waals surface area contributed by atoms with E-state index in [0.29, 0.717) is 18.4 Å². The summed E-state index contributed by atoms with van der Waals surface area (Å²) in [4.78, 5) is 25.0. The summed E-state index contributed by atoms with van der Waals surface area (Å²) in [6.45, 7) is 5.34. The standard InChI is InChI=1S/C21H27N3O5S/c1-20(2,3)19(26)29-13-23-11-7-14-15(18(23)25)5-4-6-16(14)30(27,28)24-12-8-17(22)21(24)9-10-21/h4-7,11,17H,8-10,12-13,22H2,1-3H3/t17-/m0/s1. The highest BCUT2D eigenvalue weighted by molar-refractivity contribution is 7.89. The van der Waals surface area contributed by atoms with Crippen molar-refractivity contribution in [2.45, 2.75) is 63.2 Å². The predicted octanol–water partition coefficient (Wildman–Crippen LogP) is 1.80. The summed E-state index contributed by atoms with van der Waals surface area (Å²) in [5.41, 5.74) is 4.61. The van der Waals surface area contributed by atoms with Gasteiger partial charge in [0.15, 0.2) is 6.73 Å². The summed E-state index contributed by atoms with van der Waals surface area (Å²) in [6.07, 6.45) is 3.63. The van der Waals surface area contributed by atoms with Gasteiger partial charge in [0.05, 0.1) is 15.8 Å². The normalized spacial score (nSPS) is 21.3. The summed E-state index contributed by atoms with van der Waals surface area (Å²) < 4.78 is 34.9. The van der Waals surface area contributed by atoms with Crippen LogP contribution in [0, 0.1) is 5.41 Å². The zero-order chi connectivity index (χ0) is 21.9. The van der Waals surface area contributed by atoms with Crippen molar-refractivity contribution in [2.24, 2.45) is 11.1 Å². The average Bonchev–Trinajstić information content (AvgIpc) is 3.40. The highest BCUT2D eigenvalue weighted by atomic mass is 32.2. The molecule has 2 aromatic rings. The Kier molecular flexibility index (Phi) is 4.83. The molecule has 2 fully saturated rings. The smallest absolute Gasteiger partial charge is 0.312 e. The fourth-order valence-corrected chi connectivity index (χ4v) is 6.21. The molecule has 1 saturated heterocycles. The third-order valence-electron chi connectivity index (χ3n) is 6.09. The number of aromatic nitrogens is 1. The Morgan fingerprint density at radius 3 is 2.57 bits per heavy atom. The summed E-state index contributed by atoms with van der Waals surface area (Å²) in [5.74, 6) is -0.425. The molecule has 0 bridgehead atoms. The molecule has 1 atom stereocenters. The van der Waals surface area contributed by atoms with Gasteiger partial charge >= 0.3 is 5.97 Å². The van der Waals surface area contributed by atoms with Crippen LogP contribution in [0.2, 0.25) is 0 Å². The Labute approximate surface area is 175 Å².